The topological polar surface area (TPSA) is 68.3 Å². The van der Waals surface area contributed by atoms with Crippen LogP contribution >= 0.6 is 0 Å². The summed E-state index contributed by atoms with van der Waals surface area (Å²) in [5, 5.41) is 6.48. The van der Waals surface area contributed by atoms with Gasteiger partial charge in [-0.2, -0.15) is 0 Å². The molecule has 0 spiro atoms. The number of carbonyl (C=O) groups is 1. The van der Waals surface area contributed by atoms with Gasteiger partial charge in [-0.15, -0.1) is 0 Å². The molecule has 0 radical (unpaired) electrons. The largest absolute Gasteiger partial charge is 0.469 e. The summed E-state index contributed by atoms with van der Waals surface area (Å²) in [4.78, 5) is 11.7. The van der Waals surface area contributed by atoms with E-state index in [4.69, 9.17) is 8.94 Å². The van der Waals surface area contributed by atoms with Crippen LogP contribution in [0.2, 0.25) is 0 Å². The highest BCUT2D eigenvalue weighted by atomic mass is 16.5. The average Bonchev–Trinajstić information content (AvgIpc) is 2.89. The van der Waals surface area contributed by atoms with Gasteiger partial charge in [-0.05, 0) is 26.0 Å². The molecular formula is C12H14N2O3. The number of nitrogens with one attached hydrogen (secondary N) is 1. The van der Waals surface area contributed by atoms with Crippen LogP contribution in [0.15, 0.2) is 33.4 Å². The second-order valence-corrected chi connectivity index (χ2v) is 3.98. The molecule has 2 aromatic rings. The van der Waals surface area contributed by atoms with Crippen molar-refractivity contribution in [3.63, 3.8) is 0 Å². The minimum atomic E-state index is -0.235. The molecule has 0 fully saturated rings. The van der Waals surface area contributed by atoms with E-state index in [0.29, 0.717) is 17.9 Å². The van der Waals surface area contributed by atoms with Gasteiger partial charge in [0.2, 0.25) is 0 Å². The van der Waals surface area contributed by atoms with Crippen LogP contribution in [-0.2, 0) is 6.42 Å². The van der Waals surface area contributed by atoms with Crippen LogP contribution in [0.1, 0.15) is 28.9 Å². The molecule has 0 aliphatic carbocycles. The van der Waals surface area contributed by atoms with Crippen molar-refractivity contribution in [1.29, 1.82) is 0 Å². The number of carbonyl (C=O) groups excluding carboxylic acids is 1. The first kappa shape index (κ1) is 11.4. The summed E-state index contributed by atoms with van der Waals surface area (Å²) in [6.45, 7) is 3.66. The smallest absolute Gasteiger partial charge is 0.273 e. The Labute approximate surface area is 98.8 Å². The van der Waals surface area contributed by atoms with Crippen molar-refractivity contribution in [3.05, 3.63) is 41.7 Å². The molecule has 17 heavy (non-hydrogen) atoms. The van der Waals surface area contributed by atoms with E-state index in [1.807, 2.05) is 19.1 Å². The highest BCUT2D eigenvalue weighted by Gasteiger charge is 2.14. The third kappa shape index (κ3) is 2.96. The summed E-state index contributed by atoms with van der Waals surface area (Å²) in [6, 6.07) is 5.29. The summed E-state index contributed by atoms with van der Waals surface area (Å²) < 4.78 is 10.1. The third-order valence-corrected chi connectivity index (χ3v) is 2.33. The monoisotopic (exact) mass is 234 g/mol. The van der Waals surface area contributed by atoms with Gasteiger partial charge in [0, 0.05) is 18.5 Å². The van der Waals surface area contributed by atoms with Crippen molar-refractivity contribution in [2.75, 3.05) is 0 Å². The van der Waals surface area contributed by atoms with Gasteiger partial charge >= 0.3 is 0 Å². The molecule has 2 heterocycles. The Morgan fingerprint density at radius 1 is 1.59 bits per heavy atom. The van der Waals surface area contributed by atoms with Crippen LogP contribution in [0.3, 0.4) is 0 Å². The number of aromatic nitrogens is 1. The molecule has 1 amide bonds. The van der Waals surface area contributed by atoms with Crippen molar-refractivity contribution in [1.82, 2.24) is 10.5 Å². The van der Waals surface area contributed by atoms with Gasteiger partial charge < -0.3 is 14.3 Å². The summed E-state index contributed by atoms with van der Waals surface area (Å²) in [7, 11) is 0. The maximum absolute atomic E-state index is 11.7. The molecule has 90 valence electrons. The zero-order valence-electron chi connectivity index (χ0n) is 9.77. The summed E-state index contributed by atoms with van der Waals surface area (Å²) in [5.74, 6) is 1.23. The van der Waals surface area contributed by atoms with Gasteiger partial charge in [-0.1, -0.05) is 5.16 Å². The van der Waals surface area contributed by atoms with Crippen molar-refractivity contribution in [2.45, 2.75) is 26.3 Å². The Bertz CT molecular complexity index is 488. The zero-order valence-corrected chi connectivity index (χ0v) is 9.77. The molecule has 0 aromatic carbocycles. The molecule has 1 N–H and O–H groups in total. The quantitative estimate of drug-likeness (QED) is 0.877. The second kappa shape index (κ2) is 4.86. The van der Waals surface area contributed by atoms with Gasteiger partial charge in [0.15, 0.2) is 5.69 Å². The molecule has 0 saturated heterocycles. The Morgan fingerprint density at radius 3 is 3.00 bits per heavy atom. The molecule has 0 saturated carbocycles. The third-order valence-electron chi connectivity index (χ3n) is 2.33. The van der Waals surface area contributed by atoms with Crippen LogP contribution in [0, 0.1) is 6.92 Å². The van der Waals surface area contributed by atoms with Crippen molar-refractivity contribution >= 4 is 5.91 Å². The Morgan fingerprint density at radius 2 is 2.41 bits per heavy atom. The molecule has 0 aliphatic heterocycles. The highest BCUT2D eigenvalue weighted by molar-refractivity contribution is 5.92. The minimum absolute atomic E-state index is 0.0225. The van der Waals surface area contributed by atoms with Gasteiger partial charge in [-0.3, -0.25) is 4.79 Å². The summed E-state index contributed by atoms with van der Waals surface area (Å²) in [5.41, 5.74) is 0.300. The fraction of sp³-hybridized carbons (Fsp3) is 0.333. The van der Waals surface area contributed by atoms with Crippen LogP contribution in [0.25, 0.3) is 0 Å². The standard InChI is InChI=1S/C12H14N2O3/c1-8(6-10-4-3-5-16-10)13-12(15)11-7-9(2)17-14-11/h3-5,7-8H,6H2,1-2H3,(H,13,15). The number of hydrogen-bond acceptors (Lipinski definition) is 4. The Balaban J connectivity index is 1.90. The lowest BCUT2D eigenvalue weighted by molar-refractivity contribution is 0.0930. The summed E-state index contributed by atoms with van der Waals surface area (Å²) in [6.07, 6.45) is 2.26. The lowest BCUT2D eigenvalue weighted by Gasteiger charge is -2.10. The molecule has 0 aliphatic rings. The normalized spacial score (nSPS) is 12.4. The predicted octanol–water partition coefficient (Wildman–Crippen LogP) is 1.94. The van der Waals surface area contributed by atoms with E-state index in [2.05, 4.69) is 10.5 Å². The summed E-state index contributed by atoms with van der Waals surface area (Å²) >= 11 is 0. The van der Waals surface area contributed by atoms with E-state index in [-0.39, 0.29) is 11.9 Å². The number of amides is 1. The molecule has 5 nitrogen and oxygen atoms in total. The zero-order chi connectivity index (χ0) is 12.3. The van der Waals surface area contributed by atoms with E-state index < -0.39 is 0 Å². The first-order chi connectivity index (χ1) is 8.15. The van der Waals surface area contributed by atoms with E-state index in [9.17, 15) is 4.79 Å². The van der Waals surface area contributed by atoms with Gasteiger partial charge in [0.05, 0.1) is 6.26 Å². The SMILES string of the molecule is Cc1cc(C(=O)NC(C)Cc2ccco2)no1. The maximum Gasteiger partial charge on any atom is 0.273 e. The Hall–Kier alpha value is -2.04. The Kier molecular flexibility index (Phi) is 3.27. The van der Waals surface area contributed by atoms with Crippen LogP contribution in [0.5, 0.6) is 0 Å². The first-order valence-electron chi connectivity index (χ1n) is 5.41. The lowest BCUT2D eigenvalue weighted by atomic mass is 10.2. The van der Waals surface area contributed by atoms with Gasteiger partial charge in [0.1, 0.15) is 11.5 Å². The highest BCUT2D eigenvalue weighted by Crippen LogP contribution is 2.05. The number of hydrogen-bond donors (Lipinski definition) is 1. The average molecular weight is 234 g/mol. The van der Waals surface area contributed by atoms with Gasteiger partial charge in [-0.25, -0.2) is 0 Å². The molecule has 5 heteroatoms. The van der Waals surface area contributed by atoms with Crippen molar-refractivity contribution < 1.29 is 13.7 Å². The molecule has 2 aromatic heterocycles. The van der Waals surface area contributed by atoms with E-state index in [1.165, 1.54) is 0 Å². The molecule has 0 bridgehead atoms. The first-order valence-corrected chi connectivity index (χ1v) is 5.41. The molecule has 1 unspecified atom stereocenters. The lowest BCUT2D eigenvalue weighted by Crippen LogP contribution is -2.34. The van der Waals surface area contributed by atoms with Crippen molar-refractivity contribution in [2.24, 2.45) is 0 Å². The molecule has 2 rings (SSSR count). The minimum Gasteiger partial charge on any atom is -0.469 e. The van der Waals surface area contributed by atoms with Crippen molar-refractivity contribution in [3.8, 4) is 0 Å². The van der Waals surface area contributed by atoms with E-state index >= 15 is 0 Å². The molecule has 1 atom stereocenters. The fourth-order valence-electron chi connectivity index (χ4n) is 1.55. The predicted molar refractivity (Wildman–Crippen MR) is 60.6 cm³/mol. The number of aryl methyl sites for hydroxylation is 1. The van der Waals surface area contributed by atoms with E-state index in [0.717, 1.165) is 5.76 Å². The number of rotatable bonds is 4. The van der Waals surface area contributed by atoms with Crippen LogP contribution in [0.4, 0.5) is 0 Å². The van der Waals surface area contributed by atoms with Gasteiger partial charge in [0.25, 0.3) is 5.91 Å². The maximum atomic E-state index is 11.7. The van der Waals surface area contributed by atoms with Crippen LogP contribution in [-0.4, -0.2) is 17.1 Å². The number of furan rings is 1. The second-order valence-electron chi connectivity index (χ2n) is 3.98. The van der Waals surface area contributed by atoms with Crippen LogP contribution < -0.4 is 5.32 Å². The molecular weight excluding hydrogens is 220 g/mol. The number of nitrogens with zero attached hydrogens (tertiary/aromatic N) is 1. The van der Waals surface area contributed by atoms with E-state index in [1.54, 1.807) is 19.3 Å². The fourth-order valence-corrected chi connectivity index (χ4v) is 1.55.